The van der Waals surface area contributed by atoms with Crippen LogP contribution in [0.5, 0.6) is 5.75 Å². The first-order valence-corrected chi connectivity index (χ1v) is 15.1. The van der Waals surface area contributed by atoms with Crippen molar-refractivity contribution < 1.29 is 35.9 Å². The summed E-state index contributed by atoms with van der Waals surface area (Å²) in [5, 5.41) is 2.14. The molecule has 0 aliphatic heterocycles. The molecule has 3 aromatic rings. The van der Waals surface area contributed by atoms with Crippen LogP contribution in [0.3, 0.4) is 0 Å². The number of nitrogens with zero attached hydrogens (tertiary/aromatic N) is 2. The Hall–Kier alpha value is -3.77. The van der Waals surface area contributed by atoms with E-state index in [9.17, 15) is 31.2 Å². The van der Waals surface area contributed by atoms with Crippen LogP contribution in [0.4, 0.5) is 18.9 Å². The van der Waals surface area contributed by atoms with E-state index in [2.05, 4.69) is 5.32 Å². The van der Waals surface area contributed by atoms with Gasteiger partial charge >= 0.3 is 6.18 Å². The summed E-state index contributed by atoms with van der Waals surface area (Å²) in [6, 6.07) is 15.3. The monoisotopic (exact) mass is 639 g/mol. The third kappa shape index (κ3) is 8.64. The number of carbonyl (C=O) groups excluding carboxylic acids is 2. The van der Waals surface area contributed by atoms with Crippen LogP contribution in [-0.2, 0) is 32.3 Å². The van der Waals surface area contributed by atoms with Gasteiger partial charge in [-0.1, -0.05) is 55.8 Å². The molecular formula is C30H33ClF3N3O5S. The van der Waals surface area contributed by atoms with E-state index in [0.717, 1.165) is 12.1 Å². The Labute approximate surface area is 254 Å². The summed E-state index contributed by atoms with van der Waals surface area (Å²) in [7, 11) is -3.08. The van der Waals surface area contributed by atoms with Crippen LogP contribution in [0.25, 0.3) is 0 Å². The molecule has 8 nitrogen and oxygen atoms in total. The number of hydrogen-bond donors (Lipinski definition) is 1. The third-order valence-electron chi connectivity index (χ3n) is 6.49. The normalized spacial score (nSPS) is 12.5. The molecule has 0 radical (unpaired) electrons. The van der Waals surface area contributed by atoms with E-state index in [4.69, 9.17) is 16.3 Å². The predicted octanol–water partition coefficient (Wildman–Crippen LogP) is 5.75. The molecule has 43 heavy (non-hydrogen) atoms. The molecule has 0 saturated heterocycles. The van der Waals surface area contributed by atoms with Gasteiger partial charge in [0.05, 0.1) is 28.3 Å². The summed E-state index contributed by atoms with van der Waals surface area (Å²) in [6.45, 7) is 4.62. The van der Waals surface area contributed by atoms with Crippen LogP contribution in [0.15, 0.2) is 77.7 Å². The van der Waals surface area contributed by atoms with Gasteiger partial charge in [-0.25, -0.2) is 8.42 Å². The molecular weight excluding hydrogens is 607 g/mol. The molecule has 0 aliphatic rings. The summed E-state index contributed by atoms with van der Waals surface area (Å²) in [5.41, 5.74) is -1.10. The molecule has 13 heteroatoms. The Morgan fingerprint density at radius 2 is 1.65 bits per heavy atom. The molecule has 0 spiro atoms. The van der Waals surface area contributed by atoms with E-state index in [1.807, 2.05) is 13.8 Å². The van der Waals surface area contributed by atoms with Gasteiger partial charge in [0.15, 0.2) is 0 Å². The number of halogens is 4. The van der Waals surface area contributed by atoms with Crippen molar-refractivity contribution >= 4 is 39.1 Å². The van der Waals surface area contributed by atoms with Gasteiger partial charge < -0.3 is 15.0 Å². The first-order valence-electron chi connectivity index (χ1n) is 13.3. The van der Waals surface area contributed by atoms with E-state index >= 15 is 0 Å². The van der Waals surface area contributed by atoms with Gasteiger partial charge in [0.25, 0.3) is 10.0 Å². The highest BCUT2D eigenvalue weighted by molar-refractivity contribution is 7.92. The number of amides is 2. The second-order valence-electron chi connectivity index (χ2n) is 10.2. The number of nitrogens with one attached hydrogen (secondary N) is 1. The van der Waals surface area contributed by atoms with E-state index in [1.54, 1.807) is 30.3 Å². The lowest BCUT2D eigenvalue weighted by Crippen LogP contribution is -2.51. The molecule has 3 aromatic carbocycles. The molecule has 0 unspecified atom stereocenters. The van der Waals surface area contributed by atoms with Gasteiger partial charge in [0.1, 0.15) is 18.3 Å². The van der Waals surface area contributed by atoms with Crippen molar-refractivity contribution in [3.63, 3.8) is 0 Å². The molecule has 0 saturated carbocycles. The summed E-state index contributed by atoms with van der Waals surface area (Å²) in [6.07, 6.45) is -4.89. The maximum atomic E-state index is 14.0. The predicted molar refractivity (Wildman–Crippen MR) is 158 cm³/mol. The summed E-state index contributed by atoms with van der Waals surface area (Å²) in [5.74, 6) is -0.680. The van der Waals surface area contributed by atoms with Crippen LogP contribution in [0.1, 0.15) is 31.9 Å². The highest BCUT2D eigenvalue weighted by atomic mass is 35.5. The fraction of sp³-hybridized carbons (Fsp3) is 0.333. The zero-order valence-corrected chi connectivity index (χ0v) is 25.6. The molecule has 0 aliphatic carbocycles. The summed E-state index contributed by atoms with van der Waals surface area (Å²) >= 11 is 5.80. The molecule has 0 bridgehead atoms. The lowest BCUT2D eigenvalue weighted by Gasteiger charge is -2.32. The fourth-order valence-corrected chi connectivity index (χ4v) is 5.79. The number of hydrogen-bond acceptors (Lipinski definition) is 5. The molecule has 3 rings (SSSR count). The standard InChI is InChI=1S/C30H33ClF3N3O5S/c1-20(2)17-35-29(39)21(3)36(18-22-9-8-10-24(15-22)42-4)28(38)19-37(43(40,41)25-11-6-5-7-12-25)23-13-14-27(31)26(16-23)30(32,33)34/h5-16,20-21H,17-19H2,1-4H3,(H,35,39)/t21-/m0/s1. The molecule has 1 N–H and O–H groups in total. The van der Waals surface area contributed by atoms with Crippen molar-refractivity contribution in [1.82, 2.24) is 10.2 Å². The maximum absolute atomic E-state index is 14.0. The van der Waals surface area contributed by atoms with E-state index in [0.29, 0.717) is 28.2 Å². The highest BCUT2D eigenvalue weighted by Crippen LogP contribution is 2.38. The van der Waals surface area contributed by atoms with Crippen LogP contribution in [-0.4, -0.2) is 51.4 Å². The number of benzene rings is 3. The number of alkyl halides is 3. The van der Waals surface area contributed by atoms with Crippen LogP contribution in [0.2, 0.25) is 5.02 Å². The number of sulfonamides is 1. The number of methoxy groups -OCH3 is 1. The van der Waals surface area contributed by atoms with Crippen LogP contribution in [0, 0.1) is 5.92 Å². The highest BCUT2D eigenvalue weighted by Gasteiger charge is 2.37. The molecule has 2 amide bonds. The van der Waals surface area contributed by atoms with Crippen molar-refractivity contribution in [3.05, 3.63) is 88.9 Å². The Balaban J connectivity index is 2.10. The van der Waals surface area contributed by atoms with E-state index in [1.165, 1.54) is 43.2 Å². The van der Waals surface area contributed by atoms with Gasteiger partial charge in [-0.15, -0.1) is 0 Å². The second-order valence-corrected chi connectivity index (χ2v) is 12.4. The third-order valence-corrected chi connectivity index (χ3v) is 8.61. The molecule has 0 fully saturated rings. The maximum Gasteiger partial charge on any atom is 0.417 e. The number of carbonyl (C=O) groups is 2. The quantitative estimate of drug-likeness (QED) is 0.272. The minimum Gasteiger partial charge on any atom is -0.497 e. The van der Waals surface area contributed by atoms with E-state index in [-0.39, 0.29) is 17.4 Å². The Bertz CT molecular complexity index is 1540. The second kappa shape index (κ2) is 14.1. The van der Waals surface area contributed by atoms with Gasteiger partial charge in [-0.3, -0.25) is 13.9 Å². The Morgan fingerprint density at radius 3 is 2.26 bits per heavy atom. The molecule has 0 aromatic heterocycles. The van der Waals surface area contributed by atoms with Crippen molar-refractivity contribution in [1.29, 1.82) is 0 Å². The van der Waals surface area contributed by atoms with Gasteiger partial charge in [0.2, 0.25) is 11.8 Å². The fourth-order valence-electron chi connectivity index (χ4n) is 4.14. The minimum atomic E-state index is -4.89. The van der Waals surface area contributed by atoms with Gasteiger partial charge in [0, 0.05) is 13.1 Å². The lowest BCUT2D eigenvalue weighted by atomic mass is 10.1. The smallest absolute Gasteiger partial charge is 0.417 e. The summed E-state index contributed by atoms with van der Waals surface area (Å²) in [4.78, 5) is 28.0. The van der Waals surface area contributed by atoms with Crippen LogP contribution < -0.4 is 14.4 Å². The van der Waals surface area contributed by atoms with E-state index < -0.39 is 56.9 Å². The molecule has 1 atom stereocenters. The largest absolute Gasteiger partial charge is 0.497 e. The van der Waals surface area contributed by atoms with Crippen LogP contribution >= 0.6 is 11.6 Å². The first-order chi connectivity index (χ1) is 20.1. The number of rotatable bonds is 12. The zero-order chi connectivity index (χ0) is 31.9. The number of ether oxygens (including phenoxy) is 1. The van der Waals surface area contributed by atoms with Crippen molar-refractivity contribution in [2.45, 2.75) is 44.4 Å². The SMILES string of the molecule is COc1cccc(CN(C(=O)CN(c2ccc(Cl)c(C(F)(F)F)c2)S(=O)(=O)c2ccccc2)[C@@H](C)C(=O)NCC(C)C)c1. The van der Waals surface area contributed by atoms with Crippen molar-refractivity contribution in [2.24, 2.45) is 5.92 Å². The number of anilines is 1. The molecule has 0 heterocycles. The van der Waals surface area contributed by atoms with Crippen molar-refractivity contribution in [3.8, 4) is 5.75 Å². The zero-order valence-electron chi connectivity index (χ0n) is 24.1. The van der Waals surface area contributed by atoms with Crippen molar-refractivity contribution in [2.75, 3.05) is 24.5 Å². The molecule has 232 valence electrons. The minimum absolute atomic E-state index is 0.111. The van der Waals surface area contributed by atoms with Gasteiger partial charge in [-0.2, -0.15) is 13.2 Å². The van der Waals surface area contributed by atoms with Gasteiger partial charge in [-0.05, 0) is 60.9 Å². The first kappa shape index (κ1) is 33.7. The topological polar surface area (TPSA) is 96.0 Å². The Kier molecular flexibility index (Phi) is 11.1. The average molecular weight is 640 g/mol. The lowest BCUT2D eigenvalue weighted by molar-refractivity contribution is -0.139. The average Bonchev–Trinajstić information content (AvgIpc) is 2.97. The summed E-state index contributed by atoms with van der Waals surface area (Å²) < 4.78 is 74.7. The Morgan fingerprint density at radius 1 is 0.977 bits per heavy atom.